The van der Waals surface area contributed by atoms with Gasteiger partial charge in [0.15, 0.2) is 6.29 Å². The second kappa shape index (κ2) is 6.73. The minimum atomic E-state index is -0.113. The van der Waals surface area contributed by atoms with Gasteiger partial charge in [-0.15, -0.1) is 0 Å². The van der Waals surface area contributed by atoms with E-state index < -0.39 is 0 Å². The number of rotatable bonds is 6. The molecule has 3 nitrogen and oxygen atoms in total. The van der Waals surface area contributed by atoms with E-state index in [0.29, 0.717) is 17.7 Å². The highest BCUT2D eigenvalue weighted by molar-refractivity contribution is 9.10. The Kier molecular flexibility index (Phi) is 5.74. The topological polar surface area (TPSA) is 37.4 Å². The summed E-state index contributed by atoms with van der Waals surface area (Å²) < 4.78 is 0.0289. The zero-order valence-corrected chi connectivity index (χ0v) is 15.0. The Bertz CT molecular complexity index is 518. The minimum Gasteiger partial charge on any atom is -0.341 e. The third-order valence-electron chi connectivity index (χ3n) is 3.23. The van der Waals surface area contributed by atoms with E-state index in [2.05, 4.69) is 43.6 Å². The van der Waals surface area contributed by atoms with E-state index >= 15 is 0 Å². The van der Waals surface area contributed by atoms with E-state index in [0.717, 1.165) is 12.7 Å². The van der Waals surface area contributed by atoms with Crippen LogP contribution in [0.2, 0.25) is 0 Å². The Morgan fingerprint density at radius 2 is 1.81 bits per heavy atom. The van der Waals surface area contributed by atoms with Gasteiger partial charge in [0.25, 0.3) is 5.91 Å². The molecule has 0 unspecified atom stereocenters. The summed E-state index contributed by atoms with van der Waals surface area (Å²) >= 11 is 3.66. The molecule has 1 amide bonds. The fraction of sp³-hybridized carbons (Fsp3) is 0.529. The van der Waals surface area contributed by atoms with Crippen LogP contribution in [0.15, 0.2) is 24.3 Å². The molecule has 0 bridgehead atoms. The molecule has 0 saturated carbocycles. The van der Waals surface area contributed by atoms with Gasteiger partial charge in [-0.1, -0.05) is 61.8 Å². The average Bonchev–Trinajstić information content (AvgIpc) is 2.34. The first-order valence-corrected chi connectivity index (χ1v) is 7.84. The Labute approximate surface area is 135 Å². The van der Waals surface area contributed by atoms with Crippen LogP contribution in [-0.2, 0) is 0 Å². The lowest BCUT2D eigenvalue weighted by atomic mass is 9.83. The molecule has 1 aromatic rings. The van der Waals surface area contributed by atoms with Crippen molar-refractivity contribution < 1.29 is 9.59 Å². The second-order valence-corrected chi connectivity index (χ2v) is 9.07. The van der Waals surface area contributed by atoms with Crippen LogP contribution in [0.4, 0.5) is 0 Å². The normalized spacial score (nSPS) is 12.1. The van der Waals surface area contributed by atoms with Crippen molar-refractivity contribution in [3.63, 3.8) is 0 Å². The van der Waals surface area contributed by atoms with Gasteiger partial charge < -0.3 is 4.90 Å². The van der Waals surface area contributed by atoms with Crippen molar-refractivity contribution in [3.05, 3.63) is 35.4 Å². The molecule has 4 heteroatoms. The zero-order chi connectivity index (χ0) is 16.3. The fourth-order valence-corrected chi connectivity index (χ4v) is 3.67. The maximum absolute atomic E-state index is 12.5. The van der Waals surface area contributed by atoms with Crippen LogP contribution < -0.4 is 0 Å². The molecule has 0 aromatic heterocycles. The van der Waals surface area contributed by atoms with E-state index in [-0.39, 0.29) is 15.6 Å². The number of hydrogen-bond acceptors (Lipinski definition) is 2. The molecule has 0 heterocycles. The standard InChI is InChI=1S/C17H24BrNO2/c1-16(2,11-17(3,4)18)12-19(5)15(21)14-9-7-6-8-13(14)10-20/h6-10H,11-12H2,1-5H3. The predicted molar refractivity (Wildman–Crippen MR) is 90.2 cm³/mol. The molecule has 0 saturated heterocycles. The predicted octanol–water partition coefficient (Wildman–Crippen LogP) is 4.16. The molecule has 116 valence electrons. The highest BCUT2D eigenvalue weighted by atomic mass is 79.9. The molecule has 0 atom stereocenters. The van der Waals surface area contributed by atoms with Crippen LogP contribution >= 0.6 is 15.9 Å². The van der Waals surface area contributed by atoms with Crippen molar-refractivity contribution in [2.45, 2.75) is 38.4 Å². The van der Waals surface area contributed by atoms with E-state index in [1.807, 2.05) is 0 Å². The molecule has 0 aliphatic carbocycles. The third kappa shape index (κ3) is 5.62. The highest BCUT2D eigenvalue weighted by Gasteiger charge is 2.29. The van der Waals surface area contributed by atoms with Gasteiger partial charge in [-0.3, -0.25) is 9.59 Å². The summed E-state index contributed by atoms with van der Waals surface area (Å²) in [6.07, 6.45) is 1.67. The quantitative estimate of drug-likeness (QED) is 0.568. The summed E-state index contributed by atoms with van der Waals surface area (Å²) in [6.45, 7) is 9.17. The lowest BCUT2D eigenvalue weighted by Crippen LogP contribution is -2.38. The maximum atomic E-state index is 12.5. The van der Waals surface area contributed by atoms with Crippen LogP contribution in [0.3, 0.4) is 0 Å². The number of carbonyl (C=O) groups excluding carboxylic acids is 2. The number of amides is 1. The zero-order valence-electron chi connectivity index (χ0n) is 13.4. The summed E-state index contributed by atoms with van der Waals surface area (Å²) in [6, 6.07) is 6.91. The molecule has 0 radical (unpaired) electrons. The number of aldehydes is 1. The molecule has 0 aliphatic heterocycles. The summed E-state index contributed by atoms with van der Waals surface area (Å²) in [4.78, 5) is 25.3. The SMILES string of the molecule is CN(CC(C)(C)CC(C)(C)Br)C(=O)c1ccccc1C=O. The van der Waals surface area contributed by atoms with Gasteiger partial charge in [-0.2, -0.15) is 0 Å². The van der Waals surface area contributed by atoms with Crippen molar-refractivity contribution in [1.29, 1.82) is 0 Å². The van der Waals surface area contributed by atoms with Crippen LogP contribution in [-0.4, -0.2) is 35.0 Å². The molecule has 21 heavy (non-hydrogen) atoms. The molecular weight excluding hydrogens is 330 g/mol. The van der Waals surface area contributed by atoms with Gasteiger partial charge in [0, 0.05) is 23.5 Å². The largest absolute Gasteiger partial charge is 0.341 e. The van der Waals surface area contributed by atoms with E-state index in [9.17, 15) is 9.59 Å². The summed E-state index contributed by atoms with van der Waals surface area (Å²) in [7, 11) is 1.78. The molecule has 0 fully saturated rings. The average molecular weight is 354 g/mol. The van der Waals surface area contributed by atoms with Crippen molar-refractivity contribution in [3.8, 4) is 0 Å². The first-order chi connectivity index (χ1) is 9.56. The second-order valence-electron chi connectivity index (χ2n) is 6.93. The molecule has 0 aliphatic rings. The monoisotopic (exact) mass is 353 g/mol. The van der Waals surface area contributed by atoms with E-state index in [1.165, 1.54) is 0 Å². The number of benzene rings is 1. The number of halogens is 1. The molecular formula is C17H24BrNO2. The van der Waals surface area contributed by atoms with Gasteiger partial charge in [-0.25, -0.2) is 0 Å². The molecule has 0 spiro atoms. The first-order valence-electron chi connectivity index (χ1n) is 7.04. The fourth-order valence-electron chi connectivity index (χ4n) is 2.91. The first kappa shape index (κ1) is 17.9. The number of nitrogens with zero attached hydrogens (tertiary/aromatic N) is 1. The summed E-state index contributed by atoms with van der Waals surface area (Å²) in [5.41, 5.74) is 0.880. The van der Waals surface area contributed by atoms with Crippen LogP contribution in [0.1, 0.15) is 54.8 Å². The van der Waals surface area contributed by atoms with Gasteiger partial charge in [0.1, 0.15) is 0 Å². The molecule has 0 N–H and O–H groups in total. The molecule has 1 aromatic carbocycles. The summed E-state index contributed by atoms with van der Waals surface area (Å²) in [5.74, 6) is -0.113. The van der Waals surface area contributed by atoms with Crippen LogP contribution in [0.25, 0.3) is 0 Å². The van der Waals surface area contributed by atoms with Crippen molar-refractivity contribution >= 4 is 28.1 Å². The Balaban J connectivity index is 2.86. The Morgan fingerprint density at radius 1 is 1.24 bits per heavy atom. The maximum Gasteiger partial charge on any atom is 0.254 e. The van der Waals surface area contributed by atoms with E-state index in [1.54, 1.807) is 36.2 Å². The van der Waals surface area contributed by atoms with Crippen molar-refractivity contribution in [2.24, 2.45) is 5.41 Å². The van der Waals surface area contributed by atoms with E-state index in [4.69, 9.17) is 0 Å². The summed E-state index contributed by atoms with van der Waals surface area (Å²) in [5, 5.41) is 0. The highest BCUT2D eigenvalue weighted by Crippen LogP contribution is 2.34. The van der Waals surface area contributed by atoms with Gasteiger partial charge in [-0.05, 0) is 17.9 Å². The lowest BCUT2D eigenvalue weighted by Gasteiger charge is -2.35. The third-order valence-corrected chi connectivity index (χ3v) is 3.51. The van der Waals surface area contributed by atoms with Gasteiger partial charge in [0.05, 0.1) is 5.56 Å². The van der Waals surface area contributed by atoms with Crippen LogP contribution in [0, 0.1) is 5.41 Å². The Hall–Kier alpha value is -1.16. The van der Waals surface area contributed by atoms with Gasteiger partial charge in [0.2, 0.25) is 0 Å². The van der Waals surface area contributed by atoms with Gasteiger partial charge >= 0.3 is 0 Å². The number of hydrogen-bond donors (Lipinski definition) is 0. The smallest absolute Gasteiger partial charge is 0.254 e. The van der Waals surface area contributed by atoms with Crippen LogP contribution in [0.5, 0.6) is 0 Å². The Morgan fingerprint density at radius 3 is 2.33 bits per heavy atom. The van der Waals surface area contributed by atoms with Crippen molar-refractivity contribution in [1.82, 2.24) is 4.90 Å². The lowest BCUT2D eigenvalue weighted by molar-refractivity contribution is 0.0721. The molecule has 1 rings (SSSR count). The number of carbonyl (C=O) groups is 2. The number of alkyl halides is 1. The van der Waals surface area contributed by atoms with Crippen molar-refractivity contribution in [2.75, 3.05) is 13.6 Å². The minimum absolute atomic E-state index is 0.0203.